The first-order chi connectivity index (χ1) is 9.50. The Hall–Kier alpha value is -1.88. The van der Waals surface area contributed by atoms with E-state index in [9.17, 15) is 14.7 Å². The molecule has 1 aliphatic heterocycles. The predicted molar refractivity (Wildman–Crippen MR) is 73.4 cm³/mol. The summed E-state index contributed by atoms with van der Waals surface area (Å²) in [7, 11) is 0. The molecule has 1 fully saturated rings. The quantitative estimate of drug-likeness (QED) is 0.876. The largest absolute Gasteiger partial charge is 0.479 e. The number of carboxylic acids is 1. The van der Waals surface area contributed by atoms with Gasteiger partial charge in [-0.25, -0.2) is 4.79 Å². The van der Waals surface area contributed by atoms with Crippen LogP contribution in [0, 0.1) is 19.8 Å². The molecule has 1 aliphatic rings. The normalized spacial score (nSPS) is 19.6. The highest BCUT2D eigenvalue weighted by atomic mass is 16.5. The van der Waals surface area contributed by atoms with Crippen LogP contribution in [0.25, 0.3) is 0 Å². The van der Waals surface area contributed by atoms with Crippen LogP contribution in [0.2, 0.25) is 0 Å². The van der Waals surface area contributed by atoms with Crippen LogP contribution in [0.1, 0.15) is 29.2 Å². The van der Waals surface area contributed by atoms with Gasteiger partial charge in [0.15, 0.2) is 6.04 Å². The molecule has 5 nitrogen and oxygen atoms in total. The van der Waals surface area contributed by atoms with Crippen LogP contribution in [0.5, 0.6) is 0 Å². The number of carbonyl (C=O) groups excluding carboxylic acids is 1. The number of hydrogen-bond donors (Lipinski definition) is 2. The van der Waals surface area contributed by atoms with E-state index in [2.05, 4.69) is 5.32 Å². The van der Waals surface area contributed by atoms with Gasteiger partial charge in [-0.05, 0) is 37.0 Å². The molecule has 1 aromatic carbocycles. The van der Waals surface area contributed by atoms with Crippen molar-refractivity contribution in [2.45, 2.75) is 26.3 Å². The Morgan fingerprint density at radius 3 is 2.75 bits per heavy atom. The number of amides is 1. The van der Waals surface area contributed by atoms with E-state index in [1.54, 1.807) is 12.1 Å². The Morgan fingerprint density at radius 1 is 1.40 bits per heavy atom. The molecule has 108 valence electrons. The van der Waals surface area contributed by atoms with Gasteiger partial charge in [0.05, 0.1) is 12.5 Å². The minimum absolute atomic E-state index is 0.248. The molecule has 2 atom stereocenters. The van der Waals surface area contributed by atoms with E-state index in [0.717, 1.165) is 11.1 Å². The maximum absolute atomic E-state index is 12.1. The number of aliphatic carboxylic acids is 1. The molecule has 0 aromatic heterocycles. The number of benzene rings is 1. The van der Waals surface area contributed by atoms with Crippen molar-refractivity contribution >= 4 is 11.9 Å². The standard InChI is InChI=1S/C15H19NO4/c1-9-4-3-5-12(10(9)2)13(15(18)19)16-14(17)11-6-7-20-8-11/h3-5,11,13H,6-8H2,1-2H3,(H,16,17)(H,18,19). The second kappa shape index (κ2) is 6.05. The van der Waals surface area contributed by atoms with E-state index in [4.69, 9.17) is 4.74 Å². The number of nitrogens with one attached hydrogen (secondary N) is 1. The van der Waals surface area contributed by atoms with Gasteiger partial charge in [0.2, 0.25) is 5.91 Å². The number of ether oxygens (including phenoxy) is 1. The minimum Gasteiger partial charge on any atom is -0.479 e. The molecule has 0 bridgehead atoms. The van der Waals surface area contributed by atoms with Crippen molar-refractivity contribution in [3.05, 3.63) is 34.9 Å². The smallest absolute Gasteiger partial charge is 0.330 e. The Balaban J connectivity index is 2.21. The lowest BCUT2D eigenvalue weighted by Gasteiger charge is -2.19. The van der Waals surface area contributed by atoms with Gasteiger partial charge in [0.25, 0.3) is 0 Å². The van der Waals surface area contributed by atoms with Crippen molar-refractivity contribution in [1.82, 2.24) is 5.32 Å². The Bertz CT molecular complexity index is 521. The topological polar surface area (TPSA) is 75.6 Å². The summed E-state index contributed by atoms with van der Waals surface area (Å²) in [5.41, 5.74) is 2.53. The fourth-order valence-corrected chi connectivity index (χ4v) is 2.36. The van der Waals surface area contributed by atoms with Crippen LogP contribution in [-0.4, -0.2) is 30.2 Å². The first kappa shape index (κ1) is 14.5. The van der Waals surface area contributed by atoms with Gasteiger partial charge in [0, 0.05) is 6.61 Å². The fourth-order valence-electron chi connectivity index (χ4n) is 2.36. The molecule has 2 rings (SSSR count). The molecule has 1 amide bonds. The lowest BCUT2D eigenvalue weighted by molar-refractivity contribution is -0.142. The summed E-state index contributed by atoms with van der Waals surface area (Å²) in [6.07, 6.45) is 0.644. The number of carboxylic acid groups (broad SMARTS) is 1. The summed E-state index contributed by atoms with van der Waals surface area (Å²) < 4.78 is 5.16. The zero-order valence-corrected chi connectivity index (χ0v) is 11.7. The summed E-state index contributed by atoms with van der Waals surface area (Å²) in [6.45, 7) is 4.71. The van der Waals surface area contributed by atoms with Crippen LogP contribution >= 0.6 is 0 Å². The minimum atomic E-state index is -1.05. The lowest BCUT2D eigenvalue weighted by atomic mass is 9.96. The number of rotatable bonds is 4. The highest BCUT2D eigenvalue weighted by Crippen LogP contribution is 2.22. The van der Waals surface area contributed by atoms with Crippen molar-refractivity contribution in [2.75, 3.05) is 13.2 Å². The van der Waals surface area contributed by atoms with E-state index in [1.807, 2.05) is 19.9 Å². The zero-order chi connectivity index (χ0) is 14.7. The van der Waals surface area contributed by atoms with Crippen molar-refractivity contribution in [1.29, 1.82) is 0 Å². The van der Waals surface area contributed by atoms with Crippen LogP contribution in [0.3, 0.4) is 0 Å². The first-order valence-electron chi connectivity index (χ1n) is 6.67. The summed E-state index contributed by atoms with van der Waals surface area (Å²) in [4.78, 5) is 23.5. The second-order valence-electron chi connectivity index (χ2n) is 5.13. The summed E-state index contributed by atoms with van der Waals surface area (Å²) in [5.74, 6) is -1.55. The lowest BCUT2D eigenvalue weighted by Crippen LogP contribution is -2.38. The highest BCUT2D eigenvalue weighted by Gasteiger charge is 2.29. The summed E-state index contributed by atoms with van der Waals surface area (Å²) >= 11 is 0. The Morgan fingerprint density at radius 2 is 2.15 bits per heavy atom. The fraction of sp³-hybridized carbons (Fsp3) is 0.467. The average Bonchev–Trinajstić information content (AvgIpc) is 2.93. The SMILES string of the molecule is Cc1cccc(C(NC(=O)C2CCOC2)C(=O)O)c1C. The van der Waals surface area contributed by atoms with Crippen LogP contribution in [0.4, 0.5) is 0 Å². The van der Waals surface area contributed by atoms with Gasteiger partial charge >= 0.3 is 5.97 Å². The molecule has 2 N–H and O–H groups in total. The maximum atomic E-state index is 12.1. The van der Waals surface area contributed by atoms with Crippen molar-refractivity contribution < 1.29 is 19.4 Å². The van der Waals surface area contributed by atoms with Gasteiger partial charge < -0.3 is 15.2 Å². The molecule has 1 aromatic rings. The summed E-state index contributed by atoms with van der Waals surface area (Å²) in [6, 6.07) is 4.46. The number of aryl methyl sites for hydroxylation is 1. The molecule has 1 heterocycles. The van der Waals surface area contributed by atoms with Crippen molar-refractivity contribution in [3.63, 3.8) is 0 Å². The van der Waals surface area contributed by atoms with E-state index in [-0.39, 0.29) is 11.8 Å². The molecular weight excluding hydrogens is 258 g/mol. The molecule has 0 spiro atoms. The van der Waals surface area contributed by atoms with E-state index >= 15 is 0 Å². The molecule has 0 aliphatic carbocycles. The van der Waals surface area contributed by atoms with E-state index in [1.165, 1.54) is 0 Å². The molecule has 5 heteroatoms. The zero-order valence-electron chi connectivity index (χ0n) is 11.7. The van der Waals surface area contributed by atoms with Gasteiger partial charge in [-0.2, -0.15) is 0 Å². The molecular formula is C15H19NO4. The second-order valence-corrected chi connectivity index (χ2v) is 5.13. The third kappa shape index (κ3) is 2.99. The summed E-state index contributed by atoms with van der Waals surface area (Å²) in [5, 5.41) is 12.0. The maximum Gasteiger partial charge on any atom is 0.330 e. The highest BCUT2D eigenvalue weighted by molar-refractivity contribution is 5.86. The first-order valence-corrected chi connectivity index (χ1v) is 6.67. The monoisotopic (exact) mass is 277 g/mol. The van der Waals surface area contributed by atoms with Gasteiger partial charge in [-0.1, -0.05) is 18.2 Å². The van der Waals surface area contributed by atoms with Gasteiger partial charge in [-0.15, -0.1) is 0 Å². The van der Waals surface area contributed by atoms with Gasteiger partial charge in [-0.3, -0.25) is 4.79 Å². The van der Waals surface area contributed by atoms with E-state index < -0.39 is 12.0 Å². The molecule has 0 radical (unpaired) electrons. The van der Waals surface area contributed by atoms with Crippen molar-refractivity contribution in [3.8, 4) is 0 Å². The Kier molecular flexibility index (Phi) is 4.39. The third-order valence-electron chi connectivity index (χ3n) is 3.79. The van der Waals surface area contributed by atoms with Crippen LogP contribution < -0.4 is 5.32 Å². The van der Waals surface area contributed by atoms with Crippen LogP contribution in [0.15, 0.2) is 18.2 Å². The van der Waals surface area contributed by atoms with Gasteiger partial charge in [0.1, 0.15) is 0 Å². The van der Waals surface area contributed by atoms with Crippen LogP contribution in [-0.2, 0) is 14.3 Å². The number of hydrogen-bond acceptors (Lipinski definition) is 3. The molecule has 2 unspecified atom stereocenters. The molecule has 0 saturated carbocycles. The molecule has 1 saturated heterocycles. The molecule has 20 heavy (non-hydrogen) atoms. The Labute approximate surface area is 117 Å². The third-order valence-corrected chi connectivity index (χ3v) is 3.79. The number of carbonyl (C=O) groups is 2. The van der Waals surface area contributed by atoms with Crippen molar-refractivity contribution in [2.24, 2.45) is 5.92 Å². The average molecular weight is 277 g/mol. The van der Waals surface area contributed by atoms with E-state index in [0.29, 0.717) is 25.2 Å². The predicted octanol–water partition coefficient (Wildman–Crippen LogP) is 1.58.